The predicted molar refractivity (Wildman–Crippen MR) is 85.0 cm³/mol. The van der Waals surface area contributed by atoms with E-state index in [0.717, 1.165) is 22.2 Å². The largest absolute Gasteiger partial charge is 0.444 e. The van der Waals surface area contributed by atoms with Gasteiger partial charge < -0.3 is 9.73 Å². The number of anilines is 1. The minimum absolute atomic E-state index is 0.386. The van der Waals surface area contributed by atoms with Gasteiger partial charge in [-0.25, -0.2) is 0 Å². The van der Waals surface area contributed by atoms with Crippen LogP contribution in [-0.2, 0) is 6.54 Å². The first kappa shape index (κ1) is 13.6. The van der Waals surface area contributed by atoms with Crippen LogP contribution in [0.25, 0.3) is 11.0 Å². The molecule has 0 unspecified atom stereocenters. The van der Waals surface area contributed by atoms with Crippen LogP contribution in [0.3, 0.4) is 0 Å². The summed E-state index contributed by atoms with van der Waals surface area (Å²) in [5.74, 6) is 0. The summed E-state index contributed by atoms with van der Waals surface area (Å²) in [7, 11) is 0. The van der Waals surface area contributed by atoms with Crippen LogP contribution in [0.15, 0.2) is 46.9 Å². The van der Waals surface area contributed by atoms with Crippen LogP contribution in [0.1, 0.15) is 5.56 Å². The third-order valence-electron chi connectivity index (χ3n) is 3.03. The second-order valence-corrected chi connectivity index (χ2v) is 5.52. The van der Waals surface area contributed by atoms with E-state index in [1.807, 2.05) is 24.3 Å². The van der Waals surface area contributed by atoms with E-state index in [0.29, 0.717) is 21.8 Å². The monoisotopic (exact) mass is 325 g/mol. The number of nitrogens with one attached hydrogen (secondary N) is 1. The van der Waals surface area contributed by atoms with Gasteiger partial charge in [-0.05, 0) is 35.9 Å². The number of benzene rings is 2. The molecule has 0 aliphatic carbocycles. The lowest BCUT2D eigenvalue weighted by Gasteiger charge is -2.08. The summed E-state index contributed by atoms with van der Waals surface area (Å²) >= 11 is 18.2. The van der Waals surface area contributed by atoms with E-state index in [-0.39, 0.29) is 0 Å². The van der Waals surface area contributed by atoms with Crippen molar-refractivity contribution < 1.29 is 4.42 Å². The lowest BCUT2D eigenvalue weighted by atomic mass is 10.2. The van der Waals surface area contributed by atoms with Crippen molar-refractivity contribution >= 4 is 51.5 Å². The minimum Gasteiger partial charge on any atom is -0.444 e. The van der Waals surface area contributed by atoms with Gasteiger partial charge in [0.2, 0.25) is 0 Å². The number of furan rings is 1. The Balaban J connectivity index is 1.90. The van der Waals surface area contributed by atoms with Crippen LogP contribution >= 0.6 is 34.8 Å². The first-order chi connectivity index (χ1) is 9.65. The Morgan fingerprint density at radius 2 is 1.80 bits per heavy atom. The van der Waals surface area contributed by atoms with Crippen molar-refractivity contribution in [1.29, 1.82) is 0 Å². The molecule has 3 aromatic rings. The molecule has 0 fully saturated rings. The summed E-state index contributed by atoms with van der Waals surface area (Å²) in [6, 6.07) is 13.0. The molecular formula is C15H10Cl3NO. The average molecular weight is 327 g/mol. The van der Waals surface area contributed by atoms with Gasteiger partial charge >= 0.3 is 0 Å². The zero-order chi connectivity index (χ0) is 14.1. The van der Waals surface area contributed by atoms with Crippen molar-refractivity contribution in [2.75, 3.05) is 5.32 Å². The molecule has 0 spiro atoms. The SMILES string of the molecule is Clc1ccc(Cl)c(NCc2c(Cl)oc3ccccc23)c1. The fourth-order valence-electron chi connectivity index (χ4n) is 2.05. The maximum absolute atomic E-state index is 6.14. The molecule has 0 bridgehead atoms. The maximum Gasteiger partial charge on any atom is 0.199 e. The van der Waals surface area contributed by atoms with Crippen molar-refractivity contribution in [2.24, 2.45) is 0 Å². The number of hydrogen-bond donors (Lipinski definition) is 1. The highest BCUT2D eigenvalue weighted by atomic mass is 35.5. The van der Waals surface area contributed by atoms with Crippen molar-refractivity contribution in [3.8, 4) is 0 Å². The Labute approximate surface area is 131 Å². The maximum atomic E-state index is 6.14. The van der Waals surface area contributed by atoms with Gasteiger partial charge in [-0.3, -0.25) is 0 Å². The van der Waals surface area contributed by atoms with E-state index in [2.05, 4.69) is 5.32 Å². The highest BCUT2D eigenvalue weighted by molar-refractivity contribution is 6.35. The minimum atomic E-state index is 0.386. The van der Waals surface area contributed by atoms with Crippen molar-refractivity contribution in [3.05, 3.63) is 63.3 Å². The summed E-state index contributed by atoms with van der Waals surface area (Å²) in [5.41, 5.74) is 2.44. The number of hydrogen-bond acceptors (Lipinski definition) is 2. The molecule has 20 heavy (non-hydrogen) atoms. The molecule has 0 radical (unpaired) electrons. The first-order valence-corrected chi connectivity index (χ1v) is 7.13. The van der Waals surface area contributed by atoms with E-state index in [1.54, 1.807) is 18.2 Å². The van der Waals surface area contributed by atoms with E-state index < -0.39 is 0 Å². The number of para-hydroxylation sites is 1. The molecule has 0 saturated heterocycles. The Morgan fingerprint density at radius 3 is 2.65 bits per heavy atom. The second-order valence-electron chi connectivity index (χ2n) is 4.33. The summed E-state index contributed by atoms with van der Waals surface area (Å²) in [4.78, 5) is 0. The third kappa shape index (κ3) is 2.59. The molecule has 1 aromatic heterocycles. The van der Waals surface area contributed by atoms with Crippen LogP contribution < -0.4 is 5.32 Å². The molecule has 2 aromatic carbocycles. The van der Waals surface area contributed by atoms with Gasteiger partial charge in [0.15, 0.2) is 5.22 Å². The summed E-state index contributed by atoms with van der Waals surface area (Å²) in [6.07, 6.45) is 0. The van der Waals surface area contributed by atoms with Crippen LogP contribution in [0, 0.1) is 0 Å². The van der Waals surface area contributed by atoms with Crippen LogP contribution in [0.5, 0.6) is 0 Å². The molecule has 1 N–H and O–H groups in total. The number of halogens is 3. The normalized spacial score (nSPS) is 10.9. The number of rotatable bonds is 3. The molecule has 0 amide bonds. The Hall–Kier alpha value is -1.35. The predicted octanol–water partition coefficient (Wildman–Crippen LogP) is 6.01. The topological polar surface area (TPSA) is 25.2 Å². The van der Waals surface area contributed by atoms with Crippen molar-refractivity contribution in [2.45, 2.75) is 6.54 Å². The van der Waals surface area contributed by atoms with Crippen molar-refractivity contribution in [3.63, 3.8) is 0 Å². The van der Waals surface area contributed by atoms with Crippen molar-refractivity contribution in [1.82, 2.24) is 0 Å². The Kier molecular flexibility index (Phi) is 3.79. The lowest BCUT2D eigenvalue weighted by Crippen LogP contribution is -1.99. The van der Waals surface area contributed by atoms with E-state index >= 15 is 0 Å². The molecule has 5 heteroatoms. The zero-order valence-corrected chi connectivity index (χ0v) is 12.6. The number of fused-ring (bicyclic) bond motifs is 1. The molecule has 0 aliphatic heterocycles. The third-order valence-corrected chi connectivity index (χ3v) is 3.90. The Morgan fingerprint density at radius 1 is 1.00 bits per heavy atom. The zero-order valence-electron chi connectivity index (χ0n) is 10.3. The van der Waals surface area contributed by atoms with Crippen LogP contribution in [0.4, 0.5) is 5.69 Å². The molecule has 0 aliphatic rings. The molecule has 102 valence electrons. The summed E-state index contributed by atoms with van der Waals surface area (Å²) < 4.78 is 5.51. The van der Waals surface area contributed by atoms with Gasteiger partial charge in [-0.15, -0.1) is 0 Å². The highest BCUT2D eigenvalue weighted by Gasteiger charge is 2.12. The smallest absolute Gasteiger partial charge is 0.199 e. The molecule has 3 rings (SSSR count). The fraction of sp³-hybridized carbons (Fsp3) is 0.0667. The Bertz CT molecular complexity index is 767. The van der Waals surface area contributed by atoms with E-state index in [1.165, 1.54) is 0 Å². The van der Waals surface area contributed by atoms with E-state index in [4.69, 9.17) is 39.2 Å². The highest BCUT2D eigenvalue weighted by Crippen LogP contribution is 2.31. The van der Waals surface area contributed by atoms with Gasteiger partial charge in [-0.1, -0.05) is 41.4 Å². The van der Waals surface area contributed by atoms with Gasteiger partial charge in [0, 0.05) is 22.5 Å². The van der Waals surface area contributed by atoms with Gasteiger partial charge in [0.1, 0.15) is 5.58 Å². The molecular weight excluding hydrogens is 317 g/mol. The summed E-state index contributed by atoms with van der Waals surface area (Å²) in [5, 5.41) is 5.84. The summed E-state index contributed by atoms with van der Waals surface area (Å²) in [6.45, 7) is 0.510. The quantitative estimate of drug-likeness (QED) is 0.638. The standard InChI is InChI=1S/C15H10Cl3NO/c16-9-5-6-12(17)13(7-9)19-8-11-10-3-1-2-4-14(10)20-15(11)18/h1-7,19H,8H2. The van der Waals surface area contributed by atoms with Gasteiger partial charge in [0.25, 0.3) is 0 Å². The van der Waals surface area contributed by atoms with E-state index in [9.17, 15) is 0 Å². The molecule has 1 heterocycles. The lowest BCUT2D eigenvalue weighted by molar-refractivity contribution is 0.613. The molecule has 0 atom stereocenters. The first-order valence-electron chi connectivity index (χ1n) is 6.00. The van der Waals surface area contributed by atoms with Crippen LogP contribution in [0.2, 0.25) is 15.3 Å². The van der Waals surface area contributed by atoms with Gasteiger partial charge in [0.05, 0.1) is 10.7 Å². The average Bonchev–Trinajstić information content (AvgIpc) is 2.75. The molecule has 0 saturated carbocycles. The second kappa shape index (κ2) is 5.57. The molecule has 2 nitrogen and oxygen atoms in total. The van der Waals surface area contributed by atoms with Gasteiger partial charge in [-0.2, -0.15) is 0 Å². The van der Waals surface area contributed by atoms with Crippen LogP contribution in [-0.4, -0.2) is 0 Å². The fourth-order valence-corrected chi connectivity index (χ4v) is 2.66.